The van der Waals surface area contributed by atoms with Gasteiger partial charge < -0.3 is 14.4 Å². The minimum atomic E-state index is -0.724. The van der Waals surface area contributed by atoms with Crippen molar-refractivity contribution in [1.82, 2.24) is 9.88 Å². The number of nitrogens with zero attached hydrogens (tertiary/aromatic N) is 3. The Morgan fingerprint density at radius 3 is 3.14 bits per heavy atom. The van der Waals surface area contributed by atoms with Crippen LogP contribution in [0.4, 0.5) is 0 Å². The van der Waals surface area contributed by atoms with Gasteiger partial charge in [-0.2, -0.15) is 5.26 Å². The summed E-state index contributed by atoms with van der Waals surface area (Å²) in [5, 5.41) is 9.20. The van der Waals surface area contributed by atoms with E-state index in [9.17, 15) is 10.1 Å². The highest BCUT2D eigenvalue weighted by molar-refractivity contribution is 5.86. The number of nitriles is 1. The van der Waals surface area contributed by atoms with Crippen LogP contribution in [0.15, 0.2) is 12.4 Å². The number of aromatic nitrogens is 1. The first-order valence-corrected chi connectivity index (χ1v) is 7.62. The van der Waals surface area contributed by atoms with Crippen molar-refractivity contribution in [3.8, 4) is 11.8 Å². The van der Waals surface area contributed by atoms with Crippen molar-refractivity contribution in [2.75, 3.05) is 13.2 Å². The highest BCUT2D eigenvalue weighted by Gasteiger charge is 2.49. The third kappa shape index (κ3) is 1.82. The van der Waals surface area contributed by atoms with Crippen LogP contribution in [0.3, 0.4) is 0 Å². The van der Waals surface area contributed by atoms with Gasteiger partial charge in [0.1, 0.15) is 29.1 Å². The van der Waals surface area contributed by atoms with Crippen LogP contribution >= 0.6 is 0 Å². The van der Waals surface area contributed by atoms with Gasteiger partial charge in [0, 0.05) is 31.0 Å². The highest BCUT2D eigenvalue weighted by Crippen LogP contribution is 2.46. The number of hydrogen-bond donors (Lipinski definition) is 0. The second-order valence-electron chi connectivity index (χ2n) is 6.35. The molecular formula is C16H17N3O3. The summed E-state index contributed by atoms with van der Waals surface area (Å²) >= 11 is 0. The van der Waals surface area contributed by atoms with Crippen LogP contribution in [0.2, 0.25) is 0 Å². The third-order valence-corrected chi connectivity index (χ3v) is 4.88. The van der Waals surface area contributed by atoms with Gasteiger partial charge in [0.05, 0.1) is 12.6 Å². The lowest BCUT2D eigenvalue weighted by molar-refractivity contribution is -0.152. The van der Waals surface area contributed by atoms with Gasteiger partial charge >= 0.3 is 0 Å². The van der Waals surface area contributed by atoms with Crippen LogP contribution in [0.5, 0.6) is 5.75 Å². The van der Waals surface area contributed by atoms with E-state index in [1.165, 1.54) is 6.20 Å². The molecule has 22 heavy (non-hydrogen) atoms. The summed E-state index contributed by atoms with van der Waals surface area (Å²) in [6.45, 7) is 3.05. The summed E-state index contributed by atoms with van der Waals surface area (Å²) in [7, 11) is 0. The number of hydrogen-bond acceptors (Lipinski definition) is 5. The Labute approximate surface area is 128 Å². The van der Waals surface area contributed by atoms with Crippen molar-refractivity contribution < 1.29 is 14.3 Å². The standard InChI is InChI=1S/C16H17N3O3/c1-16(3-2-4-21-16)15(20)19-9-11-5-13(19)12-8-18-7-10(6-17)14(12)22-11/h7-8,11,13H,2-5,9H2,1H3/t11-,13-,16-/m0/s1. The molecule has 114 valence electrons. The van der Waals surface area contributed by atoms with Crippen molar-refractivity contribution in [2.45, 2.75) is 43.9 Å². The molecule has 4 heterocycles. The Kier molecular flexibility index (Phi) is 2.88. The van der Waals surface area contributed by atoms with E-state index in [0.29, 0.717) is 24.5 Å². The molecule has 0 unspecified atom stereocenters. The molecule has 0 saturated carbocycles. The van der Waals surface area contributed by atoms with Crippen molar-refractivity contribution in [1.29, 1.82) is 5.26 Å². The van der Waals surface area contributed by atoms with E-state index in [2.05, 4.69) is 11.1 Å². The monoisotopic (exact) mass is 299 g/mol. The third-order valence-electron chi connectivity index (χ3n) is 4.88. The Morgan fingerprint density at radius 1 is 1.55 bits per heavy atom. The summed E-state index contributed by atoms with van der Waals surface area (Å²) in [5.74, 6) is 0.614. The molecule has 2 bridgehead atoms. The smallest absolute Gasteiger partial charge is 0.255 e. The first-order valence-electron chi connectivity index (χ1n) is 7.62. The molecule has 3 aliphatic heterocycles. The van der Waals surface area contributed by atoms with Gasteiger partial charge in [-0.05, 0) is 19.8 Å². The van der Waals surface area contributed by atoms with Gasteiger partial charge in [0.2, 0.25) is 0 Å². The van der Waals surface area contributed by atoms with Crippen molar-refractivity contribution in [2.24, 2.45) is 0 Å². The maximum absolute atomic E-state index is 12.9. The Bertz CT molecular complexity index is 676. The zero-order valence-corrected chi connectivity index (χ0v) is 12.4. The molecule has 0 aliphatic carbocycles. The lowest BCUT2D eigenvalue weighted by Crippen LogP contribution is -2.46. The van der Waals surface area contributed by atoms with Crippen LogP contribution < -0.4 is 4.74 Å². The largest absolute Gasteiger partial charge is 0.487 e. The average molecular weight is 299 g/mol. The first-order chi connectivity index (χ1) is 10.6. The first kappa shape index (κ1) is 13.5. The summed E-state index contributed by atoms with van der Waals surface area (Å²) in [4.78, 5) is 18.9. The molecule has 0 aromatic carbocycles. The summed E-state index contributed by atoms with van der Waals surface area (Å²) in [6.07, 6.45) is 5.59. The minimum Gasteiger partial charge on any atom is -0.487 e. The molecule has 0 radical (unpaired) electrons. The molecule has 2 fully saturated rings. The number of likely N-dealkylation sites (tertiary alicyclic amines) is 1. The Hall–Kier alpha value is -2.13. The van der Waals surface area contributed by atoms with Gasteiger partial charge in [-0.1, -0.05) is 0 Å². The summed E-state index contributed by atoms with van der Waals surface area (Å²) in [6, 6.07) is 2.05. The zero-order valence-electron chi connectivity index (χ0n) is 12.4. The fourth-order valence-corrected chi connectivity index (χ4v) is 3.73. The van der Waals surface area contributed by atoms with Crippen LogP contribution in [0, 0.1) is 11.3 Å². The number of carbonyl (C=O) groups is 1. The number of fused-ring (bicyclic) bond motifs is 4. The number of carbonyl (C=O) groups excluding carboxylic acids is 1. The number of pyridine rings is 1. The van der Waals surface area contributed by atoms with Crippen LogP contribution in [0.1, 0.15) is 43.4 Å². The summed E-state index contributed by atoms with van der Waals surface area (Å²) in [5.41, 5.74) is 0.547. The number of ether oxygens (including phenoxy) is 2. The number of amides is 1. The zero-order chi connectivity index (χ0) is 15.3. The second kappa shape index (κ2) is 4.68. The predicted molar refractivity (Wildman–Crippen MR) is 76.0 cm³/mol. The van der Waals surface area contributed by atoms with Gasteiger partial charge in [-0.3, -0.25) is 9.78 Å². The quantitative estimate of drug-likeness (QED) is 0.786. The molecule has 2 saturated heterocycles. The molecule has 0 spiro atoms. The molecule has 3 aliphatic rings. The van der Waals surface area contributed by atoms with E-state index in [1.807, 2.05) is 11.8 Å². The SMILES string of the molecule is C[C@@]1(C(=O)N2C[C@@H]3C[C@H]2c2cncc(C#N)c2O3)CCCO1. The maximum atomic E-state index is 12.9. The lowest BCUT2D eigenvalue weighted by Gasteiger charge is -2.32. The van der Waals surface area contributed by atoms with Gasteiger partial charge in [0.25, 0.3) is 5.91 Å². The van der Waals surface area contributed by atoms with Crippen LogP contribution in [0.25, 0.3) is 0 Å². The van der Waals surface area contributed by atoms with E-state index in [0.717, 1.165) is 24.8 Å². The van der Waals surface area contributed by atoms with E-state index in [-0.39, 0.29) is 18.1 Å². The van der Waals surface area contributed by atoms with Crippen LogP contribution in [-0.2, 0) is 9.53 Å². The predicted octanol–water partition coefficient (Wildman–Crippen LogP) is 1.56. The van der Waals surface area contributed by atoms with Gasteiger partial charge in [-0.25, -0.2) is 0 Å². The van der Waals surface area contributed by atoms with Crippen LogP contribution in [-0.4, -0.2) is 40.6 Å². The van der Waals surface area contributed by atoms with Gasteiger partial charge in [-0.15, -0.1) is 0 Å². The fourth-order valence-electron chi connectivity index (χ4n) is 3.73. The number of rotatable bonds is 1. The topological polar surface area (TPSA) is 75.5 Å². The minimum absolute atomic E-state index is 0.0244. The molecule has 1 aromatic rings. The molecule has 6 nitrogen and oxygen atoms in total. The molecule has 3 atom stereocenters. The molecule has 1 aromatic heterocycles. The second-order valence-corrected chi connectivity index (χ2v) is 6.35. The van der Waals surface area contributed by atoms with E-state index in [1.54, 1.807) is 6.20 Å². The van der Waals surface area contributed by atoms with Gasteiger partial charge in [0.15, 0.2) is 0 Å². The fraction of sp³-hybridized carbons (Fsp3) is 0.562. The molecular weight excluding hydrogens is 282 g/mol. The maximum Gasteiger partial charge on any atom is 0.255 e. The molecule has 6 heteroatoms. The normalized spacial score (nSPS) is 32.3. The van der Waals surface area contributed by atoms with Crippen molar-refractivity contribution in [3.63, 3.8) is 0 Å². The molecule has 0 N–H and O–H groups in total. The average Bonchev–Trinajstić information content (AvgIpc) is 3.12. The molecule has 4 rings (SSSR count). The van der Waals surface area contributed by atoms with E-state index >= 15 is 0 Å². The van der Waals surface area contributed by atoms with Crippen molar-refractivity contribution in [3.05, 3.63) is 23.5 Å². The van der Waals surface area contributed by atoms with E-state index < -0.39 is 5.60 Å². The highest BCUT2D eigenvalue weighted by atomic mass is 16.5. The lowest BCUT2D eigenvalue weighted by atomic mass is 9.97. The van der Waals surface area contributed by atoms with E-state index in [4.69, 9.17) is 9.47 Å². The van der Waals surface area contributed by atoms with Crippen molar-refractivity contribution >= 4 is 5.91 Å². The molecule has 1 amide bonds. The summed E-state index contributed by atoms with van der Waals surface area (Å²) < 4.78 is 11.6. The Balaban J connectivity index is 1.70. The Morgan fingerprint density at radius 2 is 2.41 bits per heavy atom.